The number of hydrogen-bond acceptors (Lipinski definition) is 12. The highest BCUT2D eigenvalue weighted by atomic mass is 31.2. The third kappa shape index (κ3) is 8.73. The minimum Gasteiger partial charge on any atom is -0.402 e. The van der Waals surface area contributed by atoms with Crippen molar-refractivity contribution >= 4 is 37.1 Å². The summed E-state index contributed by atoms with van der Waals surface area (Å²) in [4.78, 5) is 0. The van der Waals surface area contributed by atoms with Gasteiger partial charge in [0, 0.05) is 0 Å². The van der Waals surface area contributed by atoms with Crippen LogP contribution in [0.3, 0.4) is 0 Å². The van der Waals surface area contributed by atoms with E-state index < -0.39 is 37.1 Å². The van der Waals surface area contributed by atoms with Crippen molar-refractivity contribution in [3.05, 3.63) is 0 Å². The quantitative estimate of drug-likeness (QED) is 0.164. The van der Waals surface area contributed by atoms with Gasteiger partial charge in [-0.15, -0.1) is 0 Å². The summed E-state index contributed by atoms with van der Waals surface area (Å²) in [5.41, 5.74) is 0. The first-order chi connectivity index (χ1) is 7.64. The second-order valence-corrected chi connectivity index (χ2v) is 3.71. The molecule has 0 heterocycles. The van der Waals surface area contributed by atoms with Crippen molar-refractivity contribution in [3.63, 3.8) is 0 Å². The molecule has 0 bridgehead atoms. The van der Waals surface area contributed by atoms with Gasteiger partial charge in [0.2, 0.25) is 0 Å². The minimum atomic E-state index is -5.04. The molecule has 0 rings (SSSR count). The predicted molar refractivity (Wildman–Crippen MR) is 50.5 cm³/mol. The van der Waals surface area contributed by atoms with Crippen molar-refractivity contribution in [2.75, 3.05) is 0 Å². The summed E-state index contributed by atoms with van der Waals surface area (Å²) in [6, 6.07) is 0. The van der Waals surface area contributed by atoms with Crippen molar-refractivity contribution in [1.82, 2.24) is 0 Å². The van der Waals surface area contributed by atoms with E-state index in [1.807, 2.05) is 0 Å². The number of rotatable bonds is 8. The molecule has 0 unspecified atom stereocenters. The van der Waals surface area contributed by atoms with Crippen LogP contribution >= 0.6 is 7.82 Å². The highest BCUT2D eigenvalue weighted by Gasteiger charge is 2.42. The maximum absolute atomic E-state index is 11.3. The Morgan fingerprint density at radius 3 is 1.41 bits per heavy atom. The third-order valence-corrected chi connectivity index (χ3v) is 2.24. The second kappa shape index (κ2) is 7.48. The zero-order chi connectivity index (χ0) is 13.6. The lowest BCUT2D eigenvalue weighted by atomic mass is 10.1. The highest BCUT2D eigenvalue weighted by molar-refractivity contribution is 7.52. The van der Waals surface area contributed by atoms with Crippen LogP contribution < -0.4 is 0 Å². The van der Waals surface area contributed by atoms with Gasteiger partial charge in [-0.2, -0.15) is 0 Å². The van der Waals surface area contributed by atoms with Gasteiger partial charge in [-0.1, -0.05) is 0 Å². The van der Waals surface area contributed by atoms with Crippen LogP contribution in [0, 0.1) is 0 Å². The third-order valence-electron chi connectivity index (χ3n) is 0.904. The van der Waals surface area contributed by atoms with E-state index in [1.54, 1.807) is 0 Å². The molecule has 12 nitrogen and oxygen atoms in total. The molecule has 17 heteroatoms. The van der Waals surface area contributed by atoms with Crippen LogP contribution in [0.1, 0.15) is 0 Å². The second-order valence-electron chi connectivity index (χ2n) is 2.19. The maximum Gasteiger partial charge on any atom is 0.642 e. The van der Waals surface area contributed by atoms with Crippen LogP contribution in [0.4, 0.5) is 0 Å². The molecule has 0 aliphatic heterocycles. The zero-order valence-electron chi connectivity index (χ0n) is 7.93. The Morgan fingerprint density at radius 1 is 0.706 bits per heavy atom. The molecule has 7 N–H and O–H groups in total. The Morgan fingerprint density at radius 2 is 1.12 bits per heavy atom. The lowest BCUT2D eigenvalue weighted by molar-refractivity contribution is 0.166. The first-order valence-corrected chi connectivity index (χ1v) is 5.18. The maximum atomic E-state index is 11.3. The van der Waals surface area contributed by atoms with E-state index >= 15 is 0 Å². The smallest absolute Gasteiger partial charge is 0.402 e. The van der Waals surface area contributed by atoms with E-state index in [-0.39, 0.29) is 0 Å². The summed E-state index contributed by atoms with van der Waals surface area (Å²) in [6.45, 7) is 0. The molecule has 0 aliphatic carbocycles. The molecule has 0 radical (unpaired) electrons. The van der Waals surface area contributed by atoms with E-state index in [1.165, 1.54) is 0 Å². The van der Waals surface area contributed by atoms with Gasteiger partial charge >= 0.3 is 37.1 Å². The molecule has 17 heavy (non-hydrogen) atoms. The molecule has 0 spiro atoms. The van der Waals surface area contributed by atoms with Gasteiger partial charge in [-0.05, 0) is 0 Å². The van der Waals surface area contributed by atoms with E-state index in [0.29, 0.717) is 0 Å². The minimum absolute atomic E-state index is 2.52. The van der Waals surface area contributed by atoms with Gasteiger partial charge in [0.25, 0.3) is 0 Å². The summed E-state index contributed by atoms with van der Waals surface area (Å²) in [5.74, 6) is 0. The van der Waals surface area contributed by atoms with Crippen LogP contribution in [-0.4, -0.2) is 64.5 Å². The monoisotopic (exact) mass is 274 g/mol. The van der Waals surface area contributed by atoms with Crippen molar-refractivity contribution in [1.29, 1.82) is 0 Å². The average Bonchev–Trinajstić information content (AvgIpc) is 1.95. The van der Waals surface area contributed by atoms with Crippen LogP contribution in [0.25, 0.3) is 0 Å². The largest absolute Gasteiger partial charge is 0.642 e. The Labute approximate surface area is 95.6 Å². The molecule has 0 saturated carbocycles. The van der Waals surface area contributed by atoms with E-state index in [9.17, 15) is 4.57 Å². The number of phosphoric acid groups is 1. The molecule has 0 atom stereocenters. The molecular weight excluding hydrogens is 266 g/mol. The van der Waals surface area contributed by atoms with Crippen LogP contribution in [0.2, 0.25) is 0 Å². The molecule has 0 aromatic carbocycles. The van der Waals surface area contributed by atoms with Gasteiger partial charge in [0.15, 0.2) is 0 Å². The van der Waals surface area contributed by atoms with Gasteiger partial charge in [-0.25, -0.2) is 4.57 Å². The first kappa shape index (κ1) is 17.0. The highest BCUT2D eigenvalue weighted by Crippen LogP contribution is 2.50. The fraction of sp³-hybridized carbons (Fsp3) is 0. The molecule has 0 aromatic heterocycles. The molecule has 0 amide bonds. The van der Waals surface area contributed by atoms with E-state index in [0.717, 1.165) is 0 Å². The first-order valence-electron chi connectivity index (χ1n) is 3.72. The van der Waals surface area contributed by atoms with Gasteiger partial charge in [-0.3, -0.25) is 13.3 Å². The Kier molecular flexibility index (Phi) is 7.50. The molecule has 96 valence electrons. The molecule has 0 fully saturated rings. The molecular formula is H7B4O12P. The fourth-order valence-electron chi connectivity index (χ4n) is 0.545. The summed E-state index contributed by atoms with van der Waals surface area (Å²) in [6.07, 6.45) is 0. The van der Waals surface area contributed by atoms with Crippen LogP contribution in [-0.2, 0) is 22.5 Å². The van der Waals surface area contributed by atoms with Crippen molar-refractivity contribution < 1.29 is 57.6 Å². The lowest BCUT2D eigenvalue weighted by Crippen LogP contribution is -2.33. The van der Waals surface area contributed by atoms with Gasteiger partial charge < -0.3 is 39.7 Å². The molecule has 0 aromatic rings. The SMILES string of the molecule is O=P(OB(O)O)(OB(O)O)OB(O)OB(O)O. The summed E-state index contributed by atoms with van der Waals surface area (Å²) >= 11 is 0. The van der Waals surface area contributed by atoms with Gasteiger partial charge in [0.1, 0.15) is 0 Å². The van der Waals surface area contributed by atoms with Gasteiger partial charge in [0.05, 0.1) is 0 Å². The summed E-state index contributed by atoms with van der Waals surface area (Å²) in [5, 5.41) is 58.4. The van der Waals surface area contributed by atoms with Crippen LogP contribution in [0.15, 0.2) is 0 Å². The normalized spacial score (nSPS) is 11.2. The predicted octanol–water partition coefficient (Wildman–Crippen LogP) is -4.95. The average molecular weight is 273 g/mol. The topological polar surface area (TPSA) is 196 Å². The zero-order valence-corrected chi connectivity index (χ0v) is 8.82. The van der Waals surface area contributed by atoms with Crippen molar-refractivity contribution in [3.8, 4) is 0 Å². The van der Waals surface area contributed by atoms with E-state index in [4.69, 9.17) is 35.2 Å². The molecule has 0 aliphatic rings. The Balaban J connectivity index is 4.52. The summed E-state index contributed by atoms with van der Waals surface area (Å²) in [7, 11) is -15.5. The standard InChI is InChI=1S/B4H7O12P/c5-1(6)13-4(11)16-17(12,14-2(7)8)15-3(9)10/h5-11H. The molecule has 0 saturated heterocycles. The number of hydrogen-bond donors (Lipinski definition) is 7. The Hall–Kier alpha value is 0.0497. The van der Waals surface area contributed by atoms with Crippen LogP contribution in [0.5, 0.6) is 0 Å². The van der Waals surface area contributed by atoms with Crippen molar-refractivity contribution in [2.45, 2.75) is 0 Å². The lowest BCUT2D eigenvalue weighted by Gasteiger charge is -2.18. The Bertz CT molecular complexity index is 237. The van der Waals surface area contributed by atoms with E-state index in [2.05, 4.69) is 17.9 Å². The summed E-state index contributed by atoms with van der Waals surface area (Å²) < 4.78 is 26.3. The van der Waals surface area contributed by atoms with Crippen molar-refractivity contribution in [2.24, 2.45) is 0 Å². The fourth-order valence-corrected chi connectivity index (χ4v) is 1.43.